The van der Waals surface area contributed by atoms with Crippen molar-refractivity contribution in [1.82, 2.24) is 9.80 Å². The van der Waals surface area contributed by atoms with Gasteiger partial charge in [0.05, 0.1) is 6.61 Å². The zero-order chi connectivity index (χ0) is 13.7. The molecule has 2 aliphatic rings. The lowest BCUT2D eigenvalue weighted by molar-refractivity contribution is -0.136. The predicted molar refractivity (Wildman–Crippen MR) is 74.9 cm³/mol. The van der Waals surface area contributed by atoms with E-state index in [-0.39, 0.29) is 5.91 Å². The maximum atomic E-state index is 12.1. The Morgan fingerprint density at radius 3 is 2.42 bits per heavy atom. The lowest BCUT2D eigenvalue weighted by atomic mass is 9.94. The molecule has 1 atom stereocenters. The molecule has 0 aromatic carbocycles. The minimum atomic E-state index is -0.508. The van der Waals surface area contributed by atoms with E-state index < -0.39 is 6.04 Å². The zero-order valence-corrected chi connectivity index (χ0v) is 12.0. The van der Waals surface area contributed by atoms with Crippen LogP contribution in [0.5, 0.6) is 0 Å². The third kappa shape index (κ3) is 3.91. The molecule has 110 valence electrons. The highest BCUT2D eigenvalue weighted by molar-refractivity contribution is 5.81. The minimum absolute atomic E-state index is 0.0325. The number of nitrogens with zero attached hydrogens (tertiary/aromatic N) is 2. The molecule has 5 nitrogen and oxygen atoms in total. The van der Waals surface area contributed by atoms with Crippen LogP contribution >= 0.6 is 0 Å². The Bertz CT molecular complexity index is 284. The van der Waals surface area contributed by atoms with E-state index >= 15 is 0 Å². The van der Waals surface area contributed by atoms with Gasteiger partial charge >= 0.3 is 0 Å². The first-order chi connectivity index (χ1) is 9.22. The normalized spacial score (nSPS) is 24.4. The highest BCUT2D eigenvalue weighted by atomic mass is 16.5. The summed E-state index contributed by atoms with van der Waals surface area (Å²) in [5.41, 5.74) is 5.81. The van der Waals surface area contributed by atoms with Crippen molar-refractivity contribution in [2.24, 2.45) is 5.73 Å². The Kier molecular flexibility index (Phi) is 5.60. The molecule has 19 heavy (non-hydrogen) atoms. The smallest absolute Gasteiger partial charge is 0.241 e. The summed E-state index contributed by atoms with van der Waals surface area (Å²) in [6.45, 7) is 3.92. The van der Waals surface area contributed by atoms with E-state index in [2.05, 4.69) is 4.90 Å². The van der Waals surface area contributed by atoms with Gasteiger partial charge < -0.3 is 15.4 Å². The van der Waals surface area contributed by atoms with Crippen molar-refractivity contribution in [1.29, 1.82) is 0 Å². The van der Waals surface area contributed by atoms with Crippen molar-refractivity contribution < 1.29 is 9.53 Å². The maximum Gasteiger partial charge on any atom is 0.241 e. The molecular formula is C14H27N3O2. The van der Waals surface area contributed by atoms with Crippen LogP contribution in [-0.2, 0) is 9.53 Å². The summed E-state index contributed by atoms with van der Waals surface area (Å²) in [5, 5.41) is 0. The van der Waals surface area contributed by atoms with E-state index in [1.54, 1.807) is 7.11 Å². The summed E-state index contributed by atoms with van der Waals surface area (Å²) < 4.78 is 4.95. The van der Waals surface area contributed by atoms with Gasteiger partial charge in [0, 0.05) is 39.3 Å². The van der Waals surface area contributed by atoms with Gasteiger partial charge in [-0.2, -0.15) is 0 Å². The Morgan fingerprint density at radius 2 is 1.84 bits per heavy atom. The third-order valence-corrected chi connectivity index (χ3v) is 4.38. The number of nitrogens with two attached hydrogens (primary N) is 1. The summed E-state index contributed by atoms with van der Waals surface area (Å²) in [4.78, 5) is 16.5. The van der Waals surface area contributed by atoms with Crippen molar-refractivity contribution >= 4 is 5.91 Å². The molecule has 1 saturated heterocycles. The van der Waals surface area contributed by atoms with Crippen molar-refractivity contribution in [3.63, 3.8) is 0 Å². The van der Waals surface area contributed by atoms with Crippen LogP contribution in [0.4, 0.5) is 0 Å². The largest absolute Gasteiger partial charge is 0.383 e. The molecule has 0 bridgehead atoms. The third-order valence-electron chi connectivity index (χ3n) is 4.38. The molecule has 0 aromatic rings. The van der Waals surface area contributed by atoms with Crippen LogP contribution in [0.25, 0.3) is 0 Å². The first-order valence-electron chi connectivity index (χ1n) is 7.49. The topological polar surface area (TPSA) is 58.8 Å². The molecule has 2 fully saturated rings. The first kappa shape index (κ1) is 14.8. The Labute approximate surface area is 116 Å². The predicted octanol–water partition coefficient (Wildman–Crippen LogP) is 0.437. The summed E-state index contributed by atoms with van der Waals surface area (Å²) in [6, 6.07) is 0.241. The molecule has 2 rings (SSSR count). The van der Waals surface area contributed by atoms with Crippen LogP contribution < -0.4 is 5.73 Å². The number of carbonyl (C=O) groups excluding carboxylic acids is 1. The molecule has 1 aliphatic heterocycles. The zero-order valence-electron chi connectivity index (χ0n) is 12.0. The molecule has 0 spiro atoms. The van der Waals surface area contributed by atoms with E-state index in [4.69, 9.17) is 10.5 Å². The number of amides is 1. The molecule has 2 N–H and O–H groups in total. The number of methoxy groups -OCH3 is 1. The SMILES string of the molecule is COCC(N)C(=O)N1CCN(C2CCCCC2)CC1. The molecule has 1 aliphatic carbocycles. The quantitative estimate of drug-likeness (QED) is 0.804. The van der Waals surface area contributed by atoms with Crippen molar-refractivity contribution in [3.05, 3.63) is 0 Å². The molecule has 5 heteroatoms. The van der Waals surface area contributed by atoms with Crippen LogP contribution in [0, 0.1) is 0 Å². The van der Waals surface area contributed by atoms with Crippen LogP contribution in [0.15, 0.2) is 0 Å². The first-order valence-corrected chi connectivity index (χ1v) is 7.49. The number of carbonyl (C=O) groups is 1. The number of ether oxygens (including phenoxy) is 1. The fraction of sp³-hybridized carbons (Fsp3) is 0.929. The van der Waals surface area contributed by atoms with Gasteiger partial charge in [-0.25, -0.2) is 0 Å². The molecule has 0 aromatic heterocycles. The summed E-state index contributed by atoms with van der Waals surface area (Å²) in [6.07, 6.45) is 6.78. The second-order valence-electron chi connectivity index (χ2n) is 5.71. The van der Waals surface area contributed by atoms with Gasteiger partial charge in [-0.3, -0.25) is 9.69 Å². The fourth-order valence-corrected chi connectivity index (χ4v) is 3.24. The summed E-state index contributed by atoms with van der Waals surface area (Å²) in [5.74, 6) is 0.0325. The molecule has 1 heterocycles. The van der Waals surface area contributed by atoms with Crippen molar-refractivity contribution in [2.75, 3.05) is 39.9 Å². The molecular weight excluding hydrogens is 242 g/mol. The van der Waals surface area contributed by atoms with Gasteiger partial charge in [-0.05, 0) is 12.8 Å². The highest BCUT2D eigenvalue weighted by Gasteiger charge is 2.28. The molecule has 1 unspecified atom stereocenters. The van der Waals surface area contributed by atoms with Crippen LogP contribution in [0.2, 0.25) is 0 Å². The van der Waals surface area contributed by atoms with Crippen LogP contribution in [0.1, 0.15) is 32.1 Å². The fourth-order valence-electron chi connectivity index (χ4n) is 3.24. The summed E-state index contributed by atoms with van der Waals surface area (Å²) >= 11 is 0. The average Bonchev–Trinajstić information content (AvgIpc) is 2.48. The number of rotatable bonds is 4. The van der Waals surface area contributed by atoms with Gasteiger partial charge in [0.2, 0.25) is 5.91 Å². The van der Waals surface area contributed by atoms with Crippen molar-refractivity contribution in [3.8, 4) is 0 Å². The number of hydrogen-bond acceptors (Lipinski definition) is 4. The van der Waals surface area contributed by atoms with Crippen LogP contribution in [0.3, 0.4) is 0 Å². The lowest BCUT2D eigenvalue weighted by Crippen LogP contribution is -2.56. The van der Waals surface area contributed by atoms with Gasteiger partial charge in [0.15, 0.2) is 0 Å². The van der Waals surface area contributed by atoms with E-state index in [0.29, 0.717) is 6.61 Å². The van der Waals surface area contributed by atoms with Crippen molar-refractivity contribution in [2.45, 2.75) is 44.2 Å². The van der Waals surface area contributed by atoms with Gasteiger partial charge in [-0.1, -0.05) is 19.3 Å². The minimum Gasteiger partial charge on any atom is -0.383 e. The van der Waals surface area contributed by atoms with Crippen LogP contribution in [-0.4, -0.2) is 67.7 Å². The Morgan fingerprint density at radius 1 is 1.21 bits per heavy atom. The maximum absolute atomic E-state index is 12.1. The van der Waals surface area contributed by atoms with E-state index in [0.717, 1.165) is 32.2 Å². The van der Waals surface area contributed by atoms with E-state index in [1.807, 2.05) is 4.90 Å². The molecule has 1 amide bonds. The van der Waals surface area contributed by atoms with Gasteiger partial charge in [-0.15, -0.1) is 0 Å². The van der Waals surface area contributed by atoms with E-state index in [1.165, 1.54) is 32.1 Å². The standard InChI is InChI=1S/C14H27N3O2/c1-19-11-13(15)14(18)17-9-7-16(8-10-17)12-5-3-2-4-6-12/h12-13H,2-11,15H2,1H3. The second kappa shape index (κ2) is 7.22. The average molecular weight is 269 g/mol. The number of piperazine rings is 1. The second-order valence-corrected chi connectivity index (χ2v) is 5.71. The molecule has 0 radical (unpaired) electrons. The lowest BCUT2D eigenvalue weighted by Gasteiger charge is -2.41. The molecule has 1 saturated carbocycles. The Balaban J connectivity index is 1.76. The highest BCUT2D eigenvalue weighted by Crippen LogP contribution is 2.23. The Hall–Kier alpha value is -0.650. The monoisotopic (exact) mass is 269 g/mol. The van der Waals surface area contributed by atoms with Gasteiger partial charge in [0.1, 0.15) is 6.04 Å². The van der Waals surface area contributed by atoms with Gasteiger partial charge in [0.25, 0.3) is 0 Å². The number of hydrogen-bond donors (Lipinski definition) is 1. The van der Waals surface area contributed by atoms with E-state index in [9.17, 15) is 4.79 Å². The summed E-state index contributed by atoms with van der Waals surface area (Å²) in [7, 11) is 1.58.